The van der Waals surface area contributed by atoms with Crippen molar-refractivity contribution in [3.05, 3.63) is 0 Å². The van der Waals surface area contributed by atoms with Crippen LogP contribution in [0.3, 0.4) is 0 Å². The molecule has 2 atom stereocenters. The van der Waals surface area contributed by atoms with Crippen LogP contribution in [0.25, 0.3) is 2.86 Å². The molecule has 0 unspecified atom stereocenters. The lowest BCUT2D eigenvalue weighted by Gasteiger charge is -2.13. The number of amides is 2. The first-order valence-corrected chi connectivity index (χ1v) is 4.44. The maximum Gasteiger partial charge on any atom is 0.405 e. The van der Waals surface area contributed by atoms with E-state index in [1.807, 2.05) is 10.6 Å². The molecule has 4 N–H and O–H groups in total. The fourth-order valence-corrected chi connectivity index (χ4v) is 0.747. The quantitative estimate of drug-likeness (QED) is 0.384. The molecule has 96 valence electrons. The molecular formula is C8H12N2O7. The number of ether oxygens (including phenoxy) is 1. The third-order valence-corrected chi connectivity index (χ3v) is 1.58. The molecule has 0 aliphatic carbocycles. The predicted octanol–water partition coefficient (Wildman–Crippen LogP) is -0.632. The van der Waals surface area contributed by atoms with Gasteiger partial charge in [-0.3, -0.25) is 0 Å². The van der Waals surface area contributed by atoms with Crippen molar-refractivity contribution in [1.82, 2.24) is 10.6 Å². The van der Waals surface area contributed by atoms with Crippen molar-refractivity contribution in [3.63, 3.8) is 0 Å². The van der Waals surface area contributed by atoms with Gasteiger partial charge in [-0.05, 0) is 13.8 Å². The lowest BCUT2D eigenvalue weighted by molar-refractivity contribution is -0.162. The Labute approximate surface area is 98.7 Å². The number of nitrogens with one attached hydrogen (secondary N) is 2. The third kappa shape index (κ3) is 5.97. The number of carbonyl (C=O) groups excluding carboxylic acids is 2. The van der Waals surface area contributed by atoms with E-state index in [1.165, 1.54) is 13.8 Å². The lowest BCUT2D eigenvalue weighted by atomic mass is 10.3. The summed E-state index contributed by atoms with van der Waals surface area (Å²) in [6, 6.07) is -2.45. The maximum absolute atomic E-state index is 11.3. The molecule has 0 radical (unpaired) electrons. The molecule has 0 heterocycles. The Bertz CT molecular complexity index is 342. The molecule has 0 saturated carbocycles. The van der Waals surface area contributed by atoms with Gasteiger partial charge in [0.2, 0.25) is 0 Å². The van der Waals surface area contributed by atoms with Crippen LogP contribution < -0.4 is 10.6 Å². The Kier molecular flexibility index (Phi) is 4.14. The van der Waals surface area contributed by atoms with Crippen LogP contribution >= 0.6 is 0 Å². The summed E-state index contributed by atoms with van der Waals surface area (Å²) in [5, 5.41) is 10.8. The molecule has 17 heavy (non-hydrogen) atoms. The van der Waals surface area contributed by atoms with E-state index in [0.29, 0.717) is 0 Å². The fraction of sp³-hybridized carbons (Fsp3) is 0.500. The summed E-state index contributed by atoms with van der Waals surface area (Å²) in [4.78, 5) is 43.9. The smallest absolute Gasteiger partial charge is 0.405 e. The number of hydrogen-bond acceptors (Lipinski definition) is 7. The number of carboxylic acid groups (broad SMARTS) is 2. The highest BCUT2D eigenvalue weighted by Crippen LogP contribution is 1.93. The first-order valence-electron chi connectivity index (χ1n) is 5.26. The molecule has 0 aliphatic rings. The minimum atomic E-state index is -1.22. The second-order valence-corrected chi connectivity index (χ2v) is 3.05. The van der Waals surface area contributed by atoms with Gasteiger partial charge in [0.25, 0.3) is 2.86 Å². The van der Waals surface area contributed by atoms with Crippen LogP contribution in [-0.4, -0.2) is 46.4 Å². The second-order valence-electron chi connectivity index (χ2n) is 3.05. The molecular weight excluding hydrogens is 236 g/mol. The van der Waals surface area contributed by atoms with Crippen molar-refractivity contribution in [2.75, 3.05) is 0 Å². The summed E-state index contributed by atoms with van der Waals surface area (Å²) in [6.07, 6.45) is -2.39. The van der Waals surface area contributed by atoms with Crippen molar-refractivity contribution < 1.29 is 34.1 Å². The molecule has 0 aromatic carbocycles. The molecule has 0 bridgehead atoms. The number of carbonyl (C=O) groups is 4. The maximum atomic E-state index is 11.3. The summed E-state index contributed by atoms with van der Waals surface area (Å²) in [5.74, 6) is -2.22. The predicted molar refractivity (Wildman–Crippen MR) is 52.3 cm³/mol. The van der Waals surface area contributed by atoms with Gasteiger partial charge in [-0.15, -0.1) is 0 Å². The number of rotatable bonds is 4. The summed E-state index contributed by atoms with van der Waals surface area (Å²) in [5.41, 5.74) is 0. The van der Waals surface area contributed by atoms with Gasteiger partial charge in [0.15, 0.2) is 0 Å². The highest BCUT2D eigenvalue weighted by atomic mass is 16.6. The van der Waals surface area contributed by atoms with E-state index in [2.05, 4.69) is 15.0 Å². The molecule has 0 fully saturated rings. The van der Waals surface area contributed by atoms with E-state index in [9.17, 15) is 19.2 Å². The number of hydrogen-bond donors (Lipinski definition) is 4. The Balaban J connectivity index is 4.28. The van der Waals surface area contributed by atoms with Gasteiger partial charge in [0, 0.05) is 0 Å². The molecule has 0 saturated heterocycles. The van der Waals surface area contributed by atoms with Gasteiger partial charge in [0.1, 0.15) is 12.1 Å². The van der Waals surface area contributed by atoms with Gasteiger partial charge >= 0.3 is 24.1 Å². The van der Waals surface area contributed by atoms with Crippen LogP contribution in [0.5, 0.6) is 0 Å². The Morgan fingerprint density at radius 2 is 1.35 bits per heavy atom. The zero-order valence-corrected chi connectivity index (χ0v) is 9.01. The second kappa shape index (κ2) is 6.30. The van der Waals surface area contributed by atoms with E-state index in [0.717, 1.165) is 0 Å². The Morgan fingerprint density at radius 1 is 1.00 bits per heavy atom. The van der Waals surface area contributed by atoms with Crippen LogP contribution in [0.4, 0.5) is 9.59 Å². The van der Waals surface area contributed by atoms with E-state index in [-0.39, 0.29) is 0 Å². The van der Waals surface area contributed by atoms with Crippen LogP contribution in [0.2, 0.25) is 0 Å². The molecule has 0 aliphatic heterocycles. The molecule has 2 amide bonds. The summed E-state index contributed by atoms with van der Waals surface area (Å²) in [7, 11) is 0. The summed E-state index contributed by atoms with van der Waals surface area (Å²) < 4.78 is 16.8. The molecule has 0 aromatic heterocycles. The van der Waals surface area contributed by atoms with E-state index < -0.39 is 36.2 Å². The molecule has 9 nitrogen and oxygen atoms in total. The van der Waals surface area contributed by atoms with E-state index in [1.54, 1.807) is 0 Å². The zero-order chi connectivity index (χ0) is 15.0. The lowest BCUT2D eigenvalue weighted by Crippen LogP contribution is -2.44. The average Bonchev–Trinajstić information content (AvgIpc) is 2.37. The standard InChI is InChI=1S/C8H12N2O7/c1-3(9-7(13)14)5(11)17-6(12)4(2)10-8(15)16/h3-4,9-10H,1-2H3,(H,13,14)(H,15,16)/t3-,4-/m0/s1/i/hD2. The highest BCUT2D eigenvalue weighted by Gasteiger charge is 2.24. The van der Waals surface area contributed by atoms with Crippen molar-refractivity contribution in [3.8, 4) is 0 Å². The van der Waals surface area contributed by atoms with Gasteiger partial charge < -0.3 is 25.6 Å². The van der Waals surface area contributed by atoms with Crippen LogP contribution in [0, 0.1) is 0 Å². The zero-order valence-electron chi connectivity index (χ0n) is 11.0. The largest absolute Gasteiger partial charge is 0.465 e. The summed E-state index contributed by atoms with van der Waals surface area (Å²) in [6.45, 7) is 2.39. The third-order valence-electron chi connectivity index (χ3n) is 1.58. The number of esters is 2. The first-order chi connectivity index (χ1) is 8.81. The van der Waals surface area contributed by atoms with Crippen molar-refractivity contribution >= 4 is 24.1 Å². The van der Waals surface area contributed by atoms with E-state index in [4.69, 9.17) is 2.86 Å². The molecule has 9 heteroatoms. The monoisotopic (exact) mass is 250 g/mol. The van der Waals surface area contributed by atoms with Crippen LogP contribution in [0.1, 0.15) is 13.8 Å². The minimum absolute atomic E-state index is 1.11. The van der Waals surface area contributed by atoms with Crippen LogP contribution in [0.15, 0.2) is 0 Å². The first kappa shape index (κ1) is 11.2. The van der Waals surface area contributed by atoms with Gasteiger partial charge in [-0.25, -0.2) is 19.2 Å². The van der Waals surface area contributed by atoms with Crippen molar-refractivity contribution in [2.45, 2.75) is 25.9 Å². The van der Waals surface area contributed by atoms with Crippen LogP contribution in [-0.2, 0) is 14.3 Å². The fourth-order valence-electron chi connectivity index (χ4n) is 0.747. The Hall–Kier alpha value is -2.32. The SMILES string of the molecule is [2H]OC(=O)N[C@@H](C)C(=O)OC(=O)[C@H](C)NC(=O)O[2H]. The van der Waals surface area contributed by atoms with Crippen molar-refractivity contribution in [2.24, 2.45) is 0 Å². The normalized spacial score (nSPS) is 14.2. The molecule has 0 aromatic rings. The molecule has 0 rings (SSSR count). The highest BCUT2D eigenvalue weighted by molar-refractivity contribution is 5.92. The average molecular weight is 250 g/mol. The van der Waals surface area contributed by atoms with Crippen molar-refractivity contribution in [1.29, 1.82) is 2.86 Å². The van der Waals surface area contributed by atoms with Gasteiger partial charge in [-0.2, -0.15) is 0 Å². The molecule has 0 spiro atoms. The van der Waals surface area contributed by atoms with E-state index >= 15 is 0 Å². The van der Waals surface area contributed by atoms with Gasteiger partial charge in [0.05, 0.1) is 0 Å². The van der Waals surface area contributed by atoms with Gasteiger partial charge in [-0.1, -0.05) is 0 Å². The minimum Gasteiger partial charge on any atom is -0.465 e. The summed E-state index contributed by atoms with van der Waals surface area (Å²) >= 11 is 0. The Morgan fingerprint density at radius 3 is 1.65 bits per heavy atom. The topological polar surface area (TPSA) is 142 Å².